The fourth-order valence-electron chi connectivity index (χ4n) is 4.94. The Morgan fingerprint density at radius 3 is 2.22 bits per heavy atom. The Kier molecular flexibility index (Phi) is 7.07. The molecule has 0 unspecified atom stereocenters. The molecule has 2 fully saturated rings. The van der Waals surface area contributed by atoms with Crippen molar-refractivity contribution in [3.63, 3.8) is 0 Å². The molecular weight excluding hydrogens is 494 g/mol. The van der Waals surface area contributed by atoms with Gasteiger partial charge in [0.2, 0.25) is 10.0 Å². The maximum atomic E-state index is 13.1. The van der Waals surface area contributed by atoms with Gasteiger partial charge in [0.15, 0.2) is 0 Å². The van der Waals surface area contributed by atoms with Crippen molar-refractivity contribution >= 4 is 37.5 Å². The van der Waals surface area contributed by atoms with Gasteiger partial charge in [0.1, 0.15) is 6.10 Å². The SMILES string of the molecule is Cc1ccc(C)c2sc(OC3CCN(C(=O)c4ccc(S(=O)(=O)N5CCC(C)CC5)cc4)CC3)nc12. The average molecular weight is 528 g/mol. The molecule has 0 aliphatic carbocycles. The quantitative estimate of drug-likeness (QED) is 0.466. The maximum absolute atomic E-state index is 13.1. The van der Waals surface area contributed by atoms with Gasteiger partial charge in [0.05, 0.1) is 15.1 Å². The van der Waals surface area contributed by atoms with Crippen molar-refractivity contribution in [1.82, 2.24) is 14.2 Å². The lowest BCUT2D eigenvalue weighted by molar-refractivity contribution is 0.0595. The summed E-state index contributed by atoms with van der Waals surface area (Å²) < 4.78 is 34.9. The minimum atomic E-state index is -3.52. The van der Waals surface area contributed by atoms with Crippen molar-refractivity contribution in [1.29, 1.82) is 0 Å². The van der Waals surface area contributed by atoms with E-state index in [-0.39, 0.29) is 16.9 Å². The van der Waals surface area contributed by atoms with E-state index in [0.29, 0.717) is 42.9 Å². The van der Waals surface area contributed by atoms with Gasteiger partial charge < -0.3 is 9.64 Å². The molecule has 1 aromatic heterocycles. The first-order valence-corrected chi connectivity index (χ1v) is 14.9. The van der Waals surface area contributed by atoms with E-state index in [1.54, 1.807) is 39.9 Å². The summed E-state index contributed by atoms with van der Waals surface area (Å²) in [5.74, 6) is 0.482. The number of hydrogen-bond donors (Lipinski definition) is 0. The van der Waals surface area contributed by atoms with E-state index in [1.807, 2.05) is 4.90 Å². The molecule has 0 N–H and O–H groups in total. The van der Waals surface area contributed by atoms with Crippen LogP contribution in [0.2, 0.25) is 0 Å². The molecule has 1 amide bonds. The number of rotatable bonds is 5. The van der Waals surface area contributed by atoms with Crippen molar-refractivity contribution in [2.45, 2.75) is 57.5 Å². The van der Waals surface area contributed by atoms with Crippen LogP contribution in [0.1, 0.15) is 54.1 Å². The number of sulfonamides is 1. The number of fused-ring (bicyclic) bond motifs is 1. The number of amides is 1. The number of carbonyl (C=O) groups excluding carboxylic acids is 1. The summed E-state index contributed by atoms with van der Waals surface area (Å²) in [6.45, 7) is 8.60. The fraction of sp³-hybridized carbons (Fsp3) is 0.481. The molecule has 0 spiro atoms. The van der Waals surface area contributed by atoms with Gasteiger partial charge in [-0.1, -0.05) is 30.4 Å². The molecule has 0 atom stereocenters. The van der Waals surface area contributed by atoms with Crippen LogP contribution in [0.15, 0.2) is 41.3 Å². The number of aryl methyl sites for hydroxylation is 2. The first-order valence-electron chi connectivity index (χ1n) is 12.7. The van der Waals surface area contributed by atoms with Crippen LogP contribution >= 0.6 is 11.3 Å². The molecule has 2 aromatic carbocycles. The van der Waals surface area contributed by atoms with E-state index in [9.17, 15) is 13.2 Å². The molecular formula is C27H33N3O4S2. The number of hydrogen-bond acceptors (Lipinski definition) is 6. The molecule has 0 bridgehead atoms. The Bertz CT molecular complexity index is 1310. The third-order valence-electron chi connectivity index (χ3n) is 7.40. The minimum Gasteiger partial charge on any atom is -0.467 e. The highest BCUT2D eigenvalue weighted by molar-refractivity contribution is 7.89. The monoisotopic (exact) mass is 527 g/mol. The lowest BCUT2D eigenvalue weighted by Crippen LogP contribution is -2.41. The van der Waals surface area contributed by atoms with Crippen LogP contribution in [-0.2, 0) is 10.0 Å². The first-order chi connectivity index (χ1) is 17.2. The number of ether oxygens (including phenoxy) is 1. The normalized spacial score (nSPS) is 18.6. The first kappa shape index (κ1) is 25.2. The van der Waals surface area contributed by atoms with Crippen LogP contribution < -0.4 is 4.74 Å². The third kappa shape index (κ3) is 5.01. The zero-order valence-electron chi connectivity index (χ0n) is 21.1. The minimum absolute atomic E-state index is 0.0232. The largest absolute Gasteiger partial charge is 0.467 e. The summed E-state index contributed by atoms with van der Waals surface area (Å²) in [6, 6.07) is 10.6. The Labute approximate surface area is 217 Å². The summed E-state index contributed by atoms with van der Waals surface area (Å²) in [5, 5.41) is 0.687. The molecule has 36 heavy (non-hydrogen) atoms. The van der Waals surface area contributed by atoms with Crippen LogP contribution in [-0.4, -0.2) is 60.8 Å². The van der Waals surface area contributed by atoms with Gasteiger partial charge in [-0.25, -0.2) is 13.4 Å². The number of nitrogens with zero attached hydrogens (tertiary/aromatic N) is 3. The summed E-state index contributed by atoms with van der Waals surface area (Å²) in [6.07, 6.45) is 3.26. The molecule has 7 nitrogen and oxygen atoms in total. The van der Waals surface area contributed by atoms with E-state index in [1.165, 1.54) is 5.56 Å². The molecule has 2 aliphatic rings. The van der Waals surface area contributed by atoms with Crippen LogP contribution in [0.4, 0.5) is 0 Å². The number of piperidine rings is 2. The Morgan fingerprint density at radius 2 is 1.58 bits per heavy atom. The van der Waals surface area contributed by atoms with Crippen molar-refractivity contribution < 1.29 is 17.9 Å². The number of carbonyl (C=O) groups is 1. The fourth-order valence-corrected chi connectivity index (χ4v) is 7.43. The average Bonchev–Trinajstić information content (AvgIpc) is 3.32. The molecule has 0 radical (unpaired) electrons. The molecule has 3 heterocycles. The second-order valence-electron chi connectivity index (χ2n) is 10.1. The Hall–Kier alpha value is -2.49. The molecule has 192 valence electrons. The van der Waals surface area contributed by atoms with Crippen LogP contribution in [0.3, 0.4) is 0 Å². The number of likely N-dealkylation sites (tertiary alicyclic amines) is 1. The van der Waals surface area contributed by atoms with Crippen LogP contribution in [0, 0.1) is 19.8 Å². The Morgan fingerprint density at radius 1 is 0.944 bits per heavy atom. The highest BCUT2D eigenvalue weighted by Crippen LogP contribution is 2.34. The summed E-state index contributed by atoms with van der Waals surface area (Å²) >= 11 is 1.58. The summed E-state index contributed by atoms with van der Waals surface area (Å²) in [5.41, 5.74) is 3.86. The van der Waals surface area contributed by atoms with Crippen LogP contribution in [0.25, 0.3) is 10.2 Å². The predicted molar refractivity (Wildman–Crippen MR) is 142 cm³/mol. The molecule has 2 saturated heterocycles. The second-order valence-corrected chi connectivity index (χ2v) is 13.0. The second kappa shape index (κ2) is 10.1. The predicted octanol–water partition coefficient (Wildman–Crippen LogP) is 5.02. The molecule has 9 heteroatoms. The van der Waals surface area contributed by atoms with Crippen molar-refractivity contribution in [3.05, 3.63) is 53.1 Å². The van der Waals surface area contributed by atoms with Gasteiger partial charge in [-0.05, 0) is 68.0 Å². The molecule has 5 rings (SSSR count). The lowest BCUT2D eigenvalue weighted by Gasteiger charge is -2.31. The standard InChI is InChI=1S/C27H33N3O4S2/c1-18-10-16-30(17-11-18)36(32,33)23-8-6-21(7-9-23)26(31)29-14-12-22(13-15-29)34-27-28-24-19(2)4-5-20(3)25(24)35-27/h4-9,18,22H,10-17H2,1-3H3. The summed E-state index contributed by atoms with van der Waals surface area (Å²) in [7, 11) is -3.52. The van der Waals surface area contributed by atoms with Gasteiger partial charge in [0.25, 0.3) is 11.1 Å². The van der Waals surface area contributed by atoms with E-state index in [4.69, 9.17) is 9.72 Å². The Balaban J connectivity index is 1.18. The van der Waals surface area contributed by atoms with Crippen molar-refractivity contribution in [2.75, 3.05) is 26.2 Å². The van der Waals surface area contributed by atoms with Gasteiger partial charge in [-0.15, -0.1) is 0 Å². The topological polar surface area (TPSA) is 79.8 Å². The van der Waals surface area contributed by atoms with E-state index < -0.39 is 10.0 Å². The van der Waals surface area contributed by atoms with Gasteiger partial charge in [0, 0.05) is 44.6 Å². The third-order valence-corrected chi connectivity index (χ3v) is 10.4. The summed E-state index contributed by atoms with van der Waals surface area (Å²) in [4.78, 5) is 19.8. The highest BCUT2D eigenvalue weighted by atomic mass is 32.2. The number of aromatic nitrogens is 1. The van der Waals surface area contributed by atoms with E-state index in [2.05, 4.69) is 32.9 Å². The van der Waals surface area contributed by atoms with Crippen LogP contribution in [0.5, 0.6) is 5.19 Å². The molecule has 2 aliphatic heterocycles. The number of thiazole rings is 1. The van der Waals surface area contributed by atoms with E-state index >= 15 is 0 Å². The smallest absolute Gasteiger partial charge is 0.274 e. The number of benzene rings is 2. The molecule has 0 saturated carbocycles. The van der Waals surface area contributed by atoms with E-state index in [0.717, 1.165) is 41.5 Å². The molecule has 3 aromatic rings. The van der Waals surface area contributed by atoms with Crippen molar-refractivity contribution in [3.8, 4) is 5.19 Å². The van der Waals surface area contributed by atoms with Gasteiger partial charge in [-0.3, -0.25) is 4.79 Å². The highest BCUT2D eigenvalue weighted by Gasteiger charge is 2.29. The zero-order chi connectivity index (χ0) is 25.4. The van der Waals surface area contributed by atoms with Gasteiger partial charge >= 0.3 is 0 Å². The zero-order valence-corrected chi connectivity index (χ0v) is 22.7. The maximum Gasteiger partial charge on any atom is 0.274 e. The van der Waals surface area contributed by atoms with Crippen molar-refractivity contribution in [2.24, 2.45) is 5.92 Å². The van der Waals surface area contributed by atoms with Gasteiger partial charge in [-0.2, -0.15) is 4.31 Å². The lowest BCUT2D eigenvalue weighted by atomic mass is 10.0.